The third-order valence-corrected chi connectivity index (χ3v) is 3.81. The fourth-order valence-corrected chi connectivity index (χ4v) is 2.53. The number of hydrogen-bond acceptors (Lipinski definition) is 4. The number of benzene rings is 2. The average molecular weight is 322 g/mol. The molecule has 1 aromatic heterocycles. The SMILES string of the molecule is CC(Nc1ccccc1[N+](=O)[O-])c1cnn(Cc2ccccc2)c1. The topological polar surface area (TPSA) is 73.0 Å². The lowest BCUT2D eigenvalue weighted by molar-refractivity contribution is -0.384. The summed E-state index contributed by atoms with van der Waals surface area (Å²) in [6.07, 6.45) is 3.74. The van der Waals surface area contributed by atoms with Gasteiger partial charge in [0.05, 0.1) is 23.7 Å². The highest BCUT2D eigenvalue weighted by atomic mass is 16.6. The maximum Gasteiger partial charge on any atom is 0.292 e. The molecule has 122 valence electrons. The summed E-state index contributed by atoms with van der Waals surface area (Å²) in [5, 5.41) is 18.7. The number of nitrogens with one attached hydrogen (secondary N) is 1. The molecule has 1 atom stereocenters. The van der Waals surface area contributed by atoms with Crippen molar-refractivity contribution in [2.24, 2.45) is 0 Å². The van der Waals surface area contributed by atoms with Crippen molar-refractivity contribution in [1.82, 2.24) is 9.78 Å². The van der Waals surface area contributed by atoms with Crippen LogP contribution in [0, 0.1) is 10.1 Å². The Labute approximate surface area is 139 Å². The molecule has 24 heavy (non-hydrogen) atoms. The van der Waals surface area contributed by atoms with Crippen LogP contribution in [0.3, 0.4) is 0 Å². The highest BCUT2D eigenvalue weighted by Crippen LogP contribution is 2.27. The summed E-state index contributed by atoms with van der Waals surface area (Å²) in [6.45, 7) is 2.65. The van der Waals surface area contributed by atoms with Gasteiger partial charge in [0.2, 0.25) is 0 Å². The summed E-state index contributed by atoms with van der Waals surface area (Å²) >= 11 is 0. The van der Waals surface area contributed by atoms with Gasteiger partial charge in [-0.05, 0) is 18.6 Å². The van der Waals surface area contributed by atoms with Crippen molar-refractivity contribution in [3.8, 4) is 0 Å². The van der Waals surface area contributed by atoms with Crippen molar-refractivity contribution in [3.05, 3.63) is 88.2 Å². The molecule has 0 fully saturated rings. The largest absolute Gasteiger partial charge is 0.373 e. The number of aromatic nitrogens is 2. The van der Waals surface area contributed by atoms with Crippen LogP contribution in [0.1, 0.15) is 24.1 Å². The second kappa shape index (κ2) is 6.95. The molecule has 3 rings (SSSR count). The summed E-state index contributed by atoms with van der Waals surface area (Å²) in [5.41, 5.74) is 2.72. The molecule has 3 aromatic rings. The molecule has 0 amide bonds. The van der Waals surface area contributed by atoms with Crippen LogP contribution < -0.4 is 5.32 Å². The second-order valence-electron chi connectivity index (χ2n) is 5.60. The third-order valence-electron chi connectivity index (χ3n) is 3.81. The van der Waals surface area contributed by atoms with E-state index in [4.69, 9.17) is 0 Å². The Hall–Kier alpha value is -3.15. The third kappa shape index (κ3) is 3.60. The highest BCUT2D eigenvalue weighted by molar-refractivity contribution is 5.61. The normalized spacial score (nSPS) is 11.9. The predicted octanol–water partition coefficient (Wildman–Crippen LogP) is 4.01. The molecule has 0 aliphatic rings. The Morgan fingerprint density at radius 3 is 2.62 bits per heavy atom. The van der Waals surface area contributed by atoms with Gasteiger partial charge in [-0.15, -0.1) is 0 Å². The standard InChI is InChI=1S/C18H18N4O2/c1-14(20-17-9-5-6-10-18(17)22(23)24)16-11-19-21(13-16)12-15-7-3-2-4-8-15/h2-11,13-14,20H,12H2,1H3. The fourth-order valence-electron chi connectivity index (χ4n) is 2.53. The van der Waals surface area contributed by atoms with Crippen LogP contribution in [0.15, 0.2) is 67.0 Å². The monoisotopic (exact) mass is 322 g/mol. The fraction of sp³-hybridized carbons (Fsp3) is 0.167. The number of nitro groups is 1. The van der Waals surface area contributed by atoms with Crippen LogP contribution in [-0.4, -0.2) is 14.7 Å². The van der Waals surface area contributed by atoms with Crippen molar-refractivity contribution in [3.63, 3.8) is 0 Å². The molecule has 2 aromatic carbocycles. The van der Waals surface area contributed by atoms with Gasteiger partial charge in [0, 0.05) is 17.8 Å². The van der Waals surface area contributed by atoms with Gasteiger partial charge in [-0.25, -0.2) is 0 Å². The highest BCUT2D eigenvalue weighted by Gasteiger charge is 2.16. The summed E-state index contributed by atoms with van der Waals surface area (Å²) in [5.74, 6) is 0. The Balaban J connectivity index is 1.72. The van der Waals surface area contributed by atoms with E-state index in [1.807, 2.05) is 36.0 Å². The van der Waals surface area contributed by atoms with Crippen LogP contribution in [0.4, 0.5) is 11.4 Å². The number of anilines is 1. The molecule has 0 radical (unpaired) electrons. The smallest absolute Gasteiger partial charge is 0.292 e. The van der Waals surface area contributed by atoms with Crippen molar-refractivity contribution >= 4 is 11.4 Å². The van der Waals surface area contributed by atoms with Crippen LogP contribution in [-0.2, 0) is 6.54 Å². The number of hydrogen-bond donors (Lipinski definition) is 1. The van der Waals surface area contributed by atoms with Gasteiger partial charge < -0.3 is 5.32 Å². The Morgan fingerprint density at radius 1 is 1.17 bits per heavy atom. The first-order chi connectivity index (χ1) is 11.6. The summed E-state index contributed by atoms with van der Waals surface area (Å²) in [6, 6.07) is 16.6. The number of rotatable bonds is 6. The zero-order valence-electron chi connectivity index (χ0n) is 13.3. The predicted molar refractivity (Wildman–Crippen MR) is 92.9 cm³/mol. The van der Waals surface area contributed by atoms with E-state index in [1.54, 1.807) is 24.4 Å². The zero-order chi connectivity index (χ0) is 16.9. The molecule has 0 aliphatic carbocycles. The molecule has 0 spiro atoms. The molecule has 0 saturated carbocycles. The molecule has 0 bridgehead atoms. The van der Waals surface area contributed by atoms with Crippen LogP contribution in [0.25, 0.3) is 0 Å². The minimum absolute atomic E-state index is 0.0704. The van der Waals surface area contributed by atoms with Gasteiger partial charge in [0.15, 0.2) is 0 Å². The van der Waals surface area contributed by atoms with Gasteiger partial charge in [-0.2, -0.15) is 5.10 Å². The lowest BCUT2D eigenvalue weighted by Crippen LogP contribution is -2.07. The summed E-state index contributed by atoms with van der Waals surface area (Å²) in [4.78, 5) is 10.7. The van der Waals surface area contributed by atoms with E-state index >= 15 is 0 Å². The molecule has 1 unspecified atom stereocenters. The Kier molecular flexibility index (Phi) is 4.56. The molecule has 0 aliphatic heterocycles. The maximum atomic E-state index is 11.1. The first kappa shape index (κ1) is 15.7. The Bertz CT molecular complexity index is 830. The van der Waals surface area contributed by atoms with Crippen molar-refractivity contribution in [2.45, 2.75) is 19.5 Å². The summed E-state index contributed by atoms with van der Waals surface area (Å²) < 4.78 is 1.86. The van der Waals surface area contributed by atoms with E-state index in [-0.39, 0.29) is 16.7 Å². The van der Waals surface area contributed by atoms with Gasteiger partial charge in [-0.1, -0.05) is 42.5 Å². The van der Waals surface area contributed by atoms with Crippen molar-refractivity contribution in [1.29, 1.82) is 0 Å². The van der Waals surface area contributed by atoms with E-state index in [9.17, 15) is 10.1 Å². The lowest BCUT2D eigenvalue weighted by Gasteiger charge is -2.13. The quantitative estimate of drug-likeness (QED) is 0.549. The average Bonchev–Trinajstić information content (AvgIpc) is 3.05. The molecular weight excluding hydrogens is 304 g/mol. The maximum absolute atomic E-state index is 11.1. The lowest BCUT2D eigenvalue weighted by atomic mass is 10.1. The second-order valence-corrected chi connectivity index (χ2v) is 5.60. The van der Waals surface area contributed by atoms with Gasteiger partial charge >= 0.3 is 0 Å². The first-order valence-corrected chi connectivity index (χ1v) is 7.70. The van der Waals surface area contributed by atoms with E-state index in [1.165, 1.54) is 11.6 Å². The molecular formula is C18H18N4O2. The van der Waals surface area contributed by atoms with E-state index < -0.39 is 0 Å². The van der Waals surface area contributed by atoms with Crippen LogP contribution in [0.5, 0.6) is 0 Å². The number of nitro benzene ring substituents is 1. The van der Waals surface area contributed by atoms with Crippen LogP contribution in [0.2, 0.25) is 0 Å². The zero-order valence-corrected chi connectivity index (χ0v) is 13.3. The Morgan fingerprint density at radius 2 is 1.88 bits per heavy atom. The molecule has 1 N–H and O–H groups in total. The summed E-state index contributed by atoms with van der Waals surface area (Å²) in [7, 11) is 0. The van der Waals surface area contributed by atoms with Crippen LogP contribution >= 0.6 is 0 Å². The molecule has 6 nitrogen and oxygen atoms in total. The minimum Gasteiger partial charge on any atom is -0.373 e. The van der Waals surface area contributed by atoms with Crippen molar-refractivity contribution < 1.29 is 4.92 Å². The molecule has 6 heteroatoms. The number of nitrogens with zero attached hydrogens (tertiary/aromatic N) is 3. The van der Waals surface area contributed by atoms with E-state index in [0.717, 1.165) is 5.56 Å². The van der Waals surface area contributed by atoms with Gasteiger partial charge in [-0.3, -0.25) is 14.8 Å². The van der Waals surface area contributed by atoms with Gasteiger partial charge in [0.1, 0.15) is 5.69 Å². The van der Waals surface area contributed by atoms with E-state index in [0.29, 0.717) is 12.2 Å². The van der Waals surface area contributed by atoms with Crippen molar-refractivity contribution in [2.75, 3.05) is 5.32 Å². The molecule has 1 heterocycles. The molecule has 0 saturated heterocycles. The van der Waals surface area contributed by atoms with Gasteiger partial charge in [0.25, 0.3) is 5.69 Å². The first-order valence-electron chi connectivity index (χ1n) is 7.70. The van der Waals surface area contributed by atoms with E-state index in [2.05, 4.69) is 22.5 Å². The number of para-hydroxylation sites is 2. The minimum atomic E-state index is -0.381.